The molecule has 1 aromatic heterocycles. The summed E-state index contributed by atoms with van der Waals surface area (Å²) in [6.07, 6.45) is 0. The highest BCUT2D eigenvalue weighted by molar-refractivity contribution is 6.04. The molecule has 3 aromatic rings. The minimum atomic E-state index is -0.263. The highest BCUT2D eigenvalue weighted by Crippen LogP contribution is 2.34. The van der Waals surface area contributed by atoms with Crippen molar-refractivity contribution in [1.29, 1.82) is 0 Å². The second kappa shape index (κ2) is 8.51. The molecule has 0 spiro atoms. The molecule has 1 N–H and O–H groups in total. The first-order chi connectivity index (χ1) is 15.0. The van der Waals surface area contributed by atoms with Crippen LogP contribution in [0.2, 0.25) is 0 Å². The lowest BCUT2D eigenvalue weighted by atomic mass is 10.1. The SMILES string of the molecule is COc1ccc(OC)c(N2CCN(CC(=O)Nc3cccc4nc(C)ccc34)C2=O)c1. The van der Waals surface area contributed by atoms with E-state index in [1.54, 1.807) is 37.3 Å². The summed E-state index contributed by atoms with van der Waals surface area (Å²) in [5, 5.41) is 3.77. The summed E-state index contributed by atoms with van der Waals surface area (Å²) in [4.78, 5) is 33.3. The van der Waals surface area contributed by atoms with Crippen LogP contribution in [0.3, 0.4) is 0 Å². The van der Waals surface area contributed by atoms with Gasteiger partial charge in [-0.15, -0.1) is 0 Å². The highest BCUT2D eigenvalue weighted by atomic mass is 16.5. The van der Waals surface area contributed by atoms with Crippen molar-refractivity contribution in [3.63, 3.8) is 0 Å². The Labute approximate surface area is 180 Å². The van der Waals surface area contributed by atoms with E-state index in [0.29, 0.717) is 36.0 Å². The largest absolute Gasteiger partial charge is 0.497 e. The average molecular weight is 420 g/mol. The van der Waals surface area contributed by atoms with Crippen LogP contribution in [-0.4, -0.2) is 55.7 Å². The molecule has 1 aliphatic rings. The van der Waals surface area contributed by atoms with Gasteiger partial charge in [0.25, 0.3) is 0 Å². The van der Waals surface area contributed by atoms with Crippen LogP contribution < -0.4 is 19.7 Å². The first-order valence-corrected chi connectivity index (χ1v) is 9.95. The fourth-order valence-corrected chi connectivity index (χ4v) is 3.69. The van der Waals surface area contributed by atoms with E-state index in [1.165, 1.54) is 4.90 Å². The van der Waals surface area contributed by atoms with E-state index >= 15 is 0 Å². The van der Waals surface area contributed by atoms with E-state index in [1.807, 2.05) is 37.3 Å². The number of amides is 3. The van der Waals surface area contributed by atoms with Crippen LogP contribution in [0.4, 0.5) is 16.2 Å². The maximum absolute atomic E-state index is 13.0. The fourth-order valence-electron chi connectivity index (χ4n) is 3.69. The molecular weight excluding hydrogens is 396 g/mol. The van der Waals surface area contributed by atoms with E-state index in [0.717, 1.165) is 16.6 Å². The summed E-state index contributed by atoms with van der Waals surface area (Å²) in [6.45, 7) is 2.76. The van der Waals surface area contributed by atoms with E-state index in [4.69, 9.17) is 9.47 Å². The van der Waals surface area contributed by atoms with Gasteiger partial charge in [0.1, 0.15) is 18.0 Å². The maximum atomic E-state index is 13.0. The van der Waals surface area contributed by atoms with Crippen molar-refractivity contribution in [3.05, 3.63) is 54.2 Å². The zero-order valence-electron chi connectivity index (χ0n) is 17.7. The smallest absolute Gasteiger partial charge is 0.325 e. The molecule has 3 amide bonds. The van der Waals surface area contributed by atoms with Crippen molar-refractivity contribution in [2.45, 2.75) is 6.92 Å². The molecule has 8 nitrogen and oxygen atoms in total. The number of hydrogen-bond acceptors (Lipinski definition) is 5. The molecule has 2 aromatic carbocycles. The monoisotopic (exact) mass is 420 g/mol. The van der Waals surface area contributed by atoms with E-state index in [9.17, 15) is 9.59 Å². The molecule has 160 valence electrons. The Morgan fingerprint density at radius 3 is 2.71 bits per heavy atom. The quantitative estimate of drug-likeness (QED) is 0.660. The number of carbonyl (C=O) groups excluding carboxylic acids is 2. The van der Waals surface area contributed by atoms with Crippen LogP contribution in [0.25, 0.3) is 10.9 Å². The van der Waals surface area contributed by atoms with E-state index in [2.05, 4.69) is 10.3 Å². The molecule has 0 atom stereocenters. The third-order valence-corrected chi connectivity index (χ3v) is 5.25. The Hall–Kier alpha value is -3.81. The number of aromatic nitrogens is 1. The van der Waals surface area contributed by atoms with Crippen molar-refractivity contribution in [1.82, 2.24) is 9.88 Å². The van der Waals surface area contributed by atoms with Gasteiger partial charge in [-0.25, -0.2) is 4.79 Å². The van der Waals surface area contributed by atoms with Crippen molar-refractivity contribution in [3.8, 4) is 11.5 Å². The zero-order valence-corrected chi connectivity index (χ0v) is 17.7. The van der Waals surface area contributed by atoms with Gasteiger partial charge in [0.2, 0.25) is 5.91 Å². The van der Waals surface area contributed by atoms with Gasteiger partial charge in [-0.2, -0.15) is 0 Å². The molecule has 1 aliphatic heterocycles. The van der Waals surface area contributed by atoms with Gasteiger partial charge in [-0.05, 0) is 43.3 Å². The van der Waals surface area contributed by atoms with Gasteiger partial charge < -0.3 is 19.7 Å². The standard InChI is InChI=1S/C23H24N4O4/c1-15-7-9-17-18(24-15)5-4-6-19(17)25-22(28)14-26-11-12-27(23(26)29)20-13-16(30-2)8-10-21(20)31-3/h4-10,13H,11-12,14H2,1-3H3,(H,25,28). The fraction of sp³-hybridized carbons (Fsp3) is 0.261. The number of urea groups is 1. The van der Waals surface area contributed by atoms with Crippen molar-refractivity contribution in [2.24, 2.45) is 0 Å². The number of methoxy groups -OCH3 is 2. The summed E-state index contributed by atoms with van der Waals surface area (Å²) >= 11 is 0. The average Bonchev–Trinajstić information content (AvgIpc) is 3.12. The number of pyridine rings is 1. The third kappa shape index (κ3) is 4.09. The van der Waals surface area contributed by atoms with Gasteiger partial charge in [0, 0.05) is 30.2 Å². The Bertz CT molecular complexity index is 1150. The molecule has 2 heterocycles. The number of nitrogens with zero attached hydrogens (tertiary/aromatic N) is 3. The van der Waals surface area contributed by atoms with Gasteiger partial charge in [-0.3, -0.25) is 14.7 Å². The maximum Gasteiger partial charge on any atom is 0.325 e. The molecule has 0 bridgehead atoms. The predicted octanol–water partition coefficient (Wildman–Crippen LogP) is 3.44. The molecular formula is C23H24N4O4. The van der Waals surface area contributed by atoms with Crippen molar-refractivity contribution in [2.75, 3.05) is 44.1 Å². The van der Waals surface area contributed by atoms with E-state index in [-0.39, 0.29) is 18.5 Å². The minimum Gasteiger partial charge on any atom is -0.497 e. The first kappa shape index (κ1) is 20.5. The third-order valence-electron chi connectivity index (χ3n) is 5.25. The lowest BCUT2D eigenvalue weighted by Crippen LogP contribution is -2.37. The van der Waals surface area contributed by atoms with Gasteiger partial charge in [0.05, 0.1) is 31.1 Å². The van der Waals surface area contributed by atoms with Crippen LogP contribution in [0, 0.1) is 6.92 Å². The molecule has 31 heavy (non-hydrogen) atoms. The number of carbonyl (C=O) groups is 2. The van der Waals surface area contributed by atoms with Crippen LogP contribution in [0.5, 0.6) is 11.5 Å². The van der Waals surface area contributed by atoms with Gasteiger partial charge >= 0.3 is 6.03 Å². The number of anilines is 2. The van der Waals surface area contributed by atoms with Crippen LogP contribution in [0.15, 0.2) is 48.5 Å². The predicted molar refractivity (Wildman–Crippen MR) is 119 cm³/mol. The minimum absolute atomic E-state index is 0.0444. The first-order valence-electron chi connectivity index (χ1n) is 9.95. The molecule has 1 saturated heterocycles. The second-order valence-corrected chi connectivity index (χ2v) is 7.27. The zero-order chi connectivity index (χ0) is 22.0. The molecule has 1 fully saturated rings. The van der Waals surface area contributed by atoms with Crippen LogP contribution >= 0.6 is 0 Å². The summed E-state index contributed by atoms with van der Waals surface area (Å²) < 4.78 is 10.7. The van der Waals surface area contributed by atoms with E-state index < -0.39 is 0 Å². The number of nitrogens with one attached hydrogen (secondary N) is 1. The summed E-state index contributed by atoms with van der Waals surface area (Å²) in [7, 11) is 3.12. The Morgan fingerprint density at radius 1 is 1.10 bits per heavy atom. The number of hydrogen-bond donors (Lipinski definition) is 1. The second-order valence-electron chi connectivity index (χ2n) is 7.27. The number of ether oxygens (including phenoxy) is 2. The number of aryl methyl sites for hydroxylation is 1. The molecule has 0 saturated carbocycles. The molecule has 8 heteroatoms. The lowest BCUT2D eigenvalue weighted by Gasteiger charge is -2.21. The molecule has 0 aliphatic carbocycles. The number of benzene rings is 2. The summed E-state index contributed by atoms with van der Waals surface area (Å²) in [6, 6.07) is 14.5. The van der Waals surface area contributed by atoms with Crippen LogP contribution in [-0.2, 0) is 4.79 Å². The number of rotatable bonds is 6. The molecule has 0 radical (unpaired) electrons. The Morgan fingerprint density at radius 2 is 1.94 bits per heavy atom. The number of fused-ring (bicyclic) bond motifs is 1. The Balaban J connectivity index is 1.48. The summed E-state index contributed by atoms with van der Waals surface area (Å²) in [5.41, 5.74) is 3.01. The van der Waals surface area contributed by atoms with Crippen molar-refractivity contribution < 1.29 is 19.1 Å². The topological polar surface area (TPSA) is 84.0 Å². The highest BCUT2D eigenvalue weighted by Gasteiger charge is 2.32. The van der Waals surface area contributed by atoms with Gasteiger partial charge in [-0.1, -0.05) is 6.07 Å². The lowest BCUT2D eigenvalue weighted by molar-refractivity contribution is -0.116. The molecule has 4 rings (SSSR count). The molecule has 0 unspecified atom stereocenters. The van der Waals surface area contributed by atoms with Crippen molar-refractivity contribution >= 4 is 34.2 Å². The normalized spacial score (nSPS) is 13.6. The summed E-state index contributed by atoms with van der Waals surface area (Å²) in [5.74, 6) is 0.930. The van der Waals surface area contributed by atoms with Crippen LogP contribution in [0.1, 0.15) is 5.69 Å². The van der Waals surface area contributed by atoms with Gasteiger partial charge in [0.15, 0.2) is 0 Å². The Kier molecular flexibility index (Phi) is 5.62.